The zero-order chi connectivity index (χ0) is 26.0. The molecule has 36 heavy (non-hydrogen) atoms. The first-order chi connectivity index (χ1) is 17.3. The molecule has 10 heteroatoms. The Morgan fingerprint density at radius 1 is 1.14 bits per heavy atom. The Balaban J connectivity index is 1.78. The van der Waals surface area contributed by atoms with Crippen molar-refractivity contribution in [3.05, 3.63) is 60.2 Å². The van der Waals surface area contributed by atoms with Crippen LogP contribution in [0.5, 0.6) is 5.75 Å². The number of sulfone groups is 1. The van der Waals surface area contributed by atoms with Crippen LogP contribution >= 0.6 is 0 Å². The average Bonchev–Trinajstić information content (AvgIpc) is 3.32. The van der Waals surface area contributed by atoms with Gasteiger partial charge in [-0.25, -0.2) is 13.4 Å². The van der Waals surface area contributed by atoms with Crippen molar-refractivity contribution in [3.63, 3.8) is 0 Å². The fourth-order valence-electron chi connectivity index (χ4n) is 3.71. The van der Waals surface area contributed by atoms with Gasteiger partial charge in [-0.05, 0) is 69.9 Å². The fourth-order valence-corrected chi connectivity index (χ4v) is 5.13. The predicted octanol–water partition coefficient (Wildman–Crippen LogP) is 1.90. The minimum Gasteiger partial charge on any atom is -0.494 e. The lowest BCUT2D eigenvalue weighted by molar-refractivity contribution is -0.126. The number of rotatable bonds is 14. The molecule has 1 atom stereocenters. The third-order valence-corrected chi connectivity index (χ3v) is 7.54. The van der Waals surface area contributed by atoms with Crippen molar-refractivity contribution in [2.24, 2.45) is 4.99 Å². The van der Waals surface area contributed by atoms with E-state index in [1.54, 1.807) is 54.6 Å². The number of ether oxygens (including phenoxy) is 2. The van der Waals surface area contributed by atoms with Gasteiger partial charge in [0.15, 0.2) is 15.4 Å². The van der Waals surface area contributed by atoms with E-state index in [9.17, 15) is 13.2 Å². The number of benzene rings is 2. The molecule has 1 aliphatic heterocycles. The van der Waals surface area contributed by atoms with Gasteiger partial charge < -0.3 is 24.8 Å². The van der Waals surface area contributed by atoms with Crippen LogP contribution < -0.4 is 10.1 Å². The van der Waals surface area contributed by atoms with Gasteiger partial charge in [0.05, 0.1) is 17.3 Å². The van der Waals surface area contributed by atoms with Crippen LogP contribution in [-0.4, -0.2) is 88.5 Å². The molecule has 3 rings (SSSR count). The second kappa shape index (κ2) is 12.8. The summed E-state index contributed by atoms with van der Waals surface area (Å²) >= 11 is 0. The van der Waals surface area contributed by atoms with Gasteiger partial charge in [0.25, 0.3) is 5.91 Å². The van der Waals surface area contributed by atoms with E-state index in [2.05, 4.69) is 10.3 Å². The molecule has 0 aliphatic carbocycles. The molecule has 1 amide bonds. The zero-order valence-corrected chi connectivity index (χ0v) is 21.7. The van der Waals surface area contributed by atoms with Crippen molar-refractivity contribution in [2.45, 2.75) is 29.7 Å². The minimum atomic E-state index is -3.60. The van der Waals surface area contributed by atoms with E-state index in [-0.39, 0.29) is 42.1 Å². The number of amides is 1. The van der Waals surface area contributed by atoms with E-state index in [4.69, 9.17) is 14.6 Å². The second-order valence-corrected chi connectivity index (χ2v) is 11.1. The number of hydrogen-bond donors (Lipinski definition) is 2. The maximum Gasteiger partial charge on any atom is 0.251 e. The monoisotopic (exact) mass is 517 g/mol. The summed E-state index contributed by atoms with van der Waals surface area (Å²) in [5.74, 6) is 0.352. The fraction of sp³-hybridized carbons (Fsp3) is 0.462. The molecule has 0 fully saturated rings. The topological polar surface area (TPSA) is 118 Å². The summed E-state index contributed by atoms with van der Waals surface area (Å²) in [6, 6.07) is 15.3. The molecule has 196 valence electrons. The molecule has 0 bridgehead atoms. The first kappa shape index (κ1) is 27.6. The lowest BCUT2D eigenvalue weighted by atomic mass is 9.97. The average molecular weight is 518 g/mol. The van der Waals surface area contributed by atoms with Gasteiger partial charge in [-0.15, -0.1) is 0 Å². The first-order valence-electron chi connectivity index (χ1n) is 12.0. The van der Waals surface area contributed by atoms with Gasteiger partial charge in [-0.2, -0.15) is 0 Å². The van der Waals surface area contributed by atoms with Gasteiger partial charge in [0.2, 0.25) is 5.90 Å². The highest BCUT2D eigenvalue weighted by Gasteiger charge is 2.45. The van der Waals surface area contributed by atoms with Crippen LogP contribution in [0.1, 0.15) is 24.8 Å². The molecule has 0 saturated carbocycles. The van der Waals surface area contributed by atoms with E-state index < -0.39 is 15.4 Å². The van der Waals surface area contributed by atoms with Crippen LogP contribution in [0.25, 0.3) is 0 Å². The van der Waals surface area contributed by atoms with Crippen molar-refractivity contribution in [2.75, 3.05) is 52.8 Å². The number of carbonyl (C=O) groups excluding carboxylic acids is 1. The number of hydrogen-bond acceptors (Lipinski definition) is 8. The van der Waals surface area contributed by atoms with E-state index in [0.717, 1.165) is 13.0 Å². The summed E-state index contributed by atoms with van der Waals surface area (Å²) in [5, 5.41) is 11.8. The normalized spacial score (nSPS) is 17.5. The van der Waals surface area contributed by atoms with Crippen LogP contribution in [0.3, 0.4) is 0 Å². The van der Waals surface area contributed by atoms with E-state index in [1.165, 1.54) is 0 Å². The first-order valence-corrected chi connectivity index (χ1v) is 13.7. The molecule has 0 spiro atoms. The van der Waals surface area contributed by atoms with Crippen LogP contribution in [0, 0.1) is 0 Å². The van der Waals surface area contributed by atoms with E-state index in [0.29, 0.717) is 30.9 Å². The standard InChI is InChI=1S/C26H35N3O6S/c1-29(2)16-6-15-27-25(31)26(14-19-36(32,33)23-8-4-3-5-9-23)20-35-24(28-26)21-10-12-22(13-11-21)34-18-7-17-30/h3-5,8-13,30H,6-7,14-20H2,1-2H3,(H,27,31)/t26-/m1/s1. The molecule has 1 aliphatic rings. The van der Waals surface area contributed by atoms with Crippen molar-refractivity contribution < 1.29 is 27.8 Å². The maximum atomic E-state index is 13.3. The molecule has 2 aromatic carbocycles. The van der Waals surface area contributed by atoms with Gasteiger partial charge >= 0.3 is 0 Å². The molecular formula is C26H35N3O6S. The molecule has 1 heterocycles. The number of nitrogens with zero attached hydrogens (tertiary/aromatic N) is 2. The summed E-state index contributed by atoms with van der Waals surface area (Å²) < 4.78 is 37.3. The summed E-state index contributed by atoms with van der Waals surface area (Å²) in [5.41, 5.74) is -0.677. The SMILES string of the molecule is CN(C)CCCNC(=O)[C@@]1(CCS(=O)(=O)c2ccccc2)COC(c2ccc(OCCCO)cc2)=N1. The Labute approximate surface area is 213 Å². The van der Waals surface area contributed by atoms with Crippen LogP contribution in [0.15, 0.2) is 64.5 Å². The summed E-state index contributed by atoms with van der Waals surface area (Å²) in [6.45, 7) is 1.69. The minimum absolute atomic E-state index is 0.00437. The Kier molecular flexibility index (Phi) is 9.86. The molecular weight excluding hydrogens is 482 g/mol. The Hall–Kier alpha value is -2.95. The third-order valence-electron chi connectivity index (χ3n) is 5.81. The van der Waals surface area contributed by atoms with Gasteiger partial charge in [0.1, 0.15) is 12.4 Å². The van der Waals surface area contributed by atoms with Gasteiger partial charge in [0, 0.05) is 25.1 Å². The van der Waals surface area contributed by atoms with Crippen LogP contribution in [-0.2, 0) is 19.4 Å². The van der Waals surface area contributed by atoms with Crippen LogP contribution in [0.4, 0.5) is 0 Å². The number of carbonyl (C=O) groups is 1. The summed E-state index contributed by atoms with van der Waals surface area (Å²) in [4.78, 5) is 20.2. The lowest BCUT2D eigenvalue weighted by Crippen LogP contribution is -2.48. The third kappa shape index (κ3) is 7.52. The smallest absolute Gasteiger partial charge is 0.251 e. The number of nitrogens with one attached hydrogen (secondary N) is 1. The summed E-state index contributed by atoms with van der Waals surface area (Å²) in [6.07, 6.45) is 1.29. The predicted molar refractivity (Wildman–Crippen MR) is 138 cm³/mol. The zero-order valence-electron chi connectivity index (χ0n) is 20.9. The highest BCUT2D eigenvalue weighted by molar-refractivity contribution is 7.91. The van der Waals surface area contributed by atoms with Crippen LogP contribution in [0.2, 0.25) is 0 Å². The molecule has 0 unspecified atom stereocenters. The quantitative estimate of drug-likeness (QED) is 0.368. The molecule has 0 aromatic heterocycles. The molecule has 0 saturated heterocycles. The molecule has 2 aromatic rings. The second-order valence-electron chi connectivity index (χ2n) is 8.98. The maximum absolute atomic E-state index is 13.3. The number of aliphatic imine (C=N–C) groups is 1. The number of aliphatic hydroxyl groups is 1. The van der Waals surface area contributed by atoms with Gasteiger partial charge in [-0.3, -0.25) is 4.79 Å². The van der Waals surface area contributed by atoms with Gasteiger partial charge in [-0.1, -0.05) is 18.2 Å². The molecule has 2 N–H and O–H groups in total. The lowest BCUT2D eigenvalue weighted by Gasteiger charge is -2.23. The van der Waals surface area contributed by atoms with Crippen molar-refractivity contribution in [1.29, 1.82) is 0 Å². The highest BCUT2D eigenvalue weighted by Crippen LogP contribution is 2.28. The van der Waals surface area contributed by atoms with Crippen molar-refractivity contribution >= 4 is 21.6 Å². The molecule has 9 nitrogen and oxygen atoms in total. The van der Waals surface area contributed by atoms with E-state index in [1.807, 2.05) is 19.0 Å². The number of aliphatic hydroxyl groups excluding tert-OH is 1. The van der Waals surface area contributed by atoms with Crippen molar-refractivity contribution in [3.8, 4) is 5.75 Å². The van der Waals surface area contributed by atoms with E-state index >= 15 is 0 Å². The Morgan fingerprint density at radius 2 is 1.86 bits per heavy atom. The summed E-state index contributed by atoms with van der Waals surface area (Å²) in [7, 11) is 0.320. The largest absolute Gasteiger partial charge is 0.494 e. The Morgan fingerprint density at radius 3 is 2.53 bits per heavy atom. The molecule has 0 radical (unpaired) electrons. The highest BCUT2D eigenvalue weighted by atomic mass is 32.2. The van der Waals surface area contributed by atoms with Crippen molar-refractivity contribution in [1.82, 2.24) is 10.2 Å². The Bertz CT molecular complexity index is 1120.